The Balaban J connectivity index is 3.14. The zero-order chi connectivity index (χ0) is 10.1. The lowest BCUT2D eigenvalue weighted by atomic mass is 10.2. The van der Waals surface area contributed by atoms with E-state index in [1.807, 2.05) is 0 Å². The fourth-order valence-corrected chi connectivity index (χ4v) is 1.18. The Bertz CT molecular complexity index is 310. The molecule has 0 aliphatic carbocycles. The van der Waals surface area contributed by atoms with E-state index in [4.69, 9.17) is 0 Å². The second kappa shape index (κ2) is 3.77. The first-order chi connectivity index (χ1) is 5.95. The molecule has 0 fully saturated rings. The quantitative estimate of drug-likeness (QED) is 0.441. The molecule has 0 saturated carbocycles. The van der Waals surface area contributed by atoms with Crippen LogP contribution in [0.1, 0.15) is 11.1 Å². The Hall–Kier alpha value is -0.400. The lowest BCUT2D eigenvalue weighted by molar-refractivity contribution is -0.137. The van der Waals surface area contributed by atoms with E-state index >= 15 is 0 Å². The second-order valence-corrected chi connectivity index (χ2v) is 3.33. The highest BCUT2D eigenvalue weighted by atomic mass is 127. The van der Waals surface area contributed by atoms with Crippen LogP contribution in [0.15, 0.2) is 12.3 Å². The first kappa shape index (κ1) is 10.7. The third kappa shape index (κ3) is 2.52. The number of hydrogen-bond donors (Lipinski definition) is 0. The first-order valence-corrected chi connectivity index (χ1v) is 4.30. The molecule has 1 nitrogen and oxygen atoms in total. The van der Waals surface area contributed by atoms with E-state index in [1.165, 1.54) is 0 Å². The van der Waals surface area contributed by atoms with E-state index in [2.05, 4.69) is 4.98 Å². The molecule has 13 heavy (non-hydrogen) atoms. The molecule has 0 aliphatic rings. The molecule has 0 aromatic carbocycles. The van der Waals surface area contributed by atoms with Gasteiger partial charge >= 0.3 is 6.18 Å². The van der Waals surface area contributed by atoms with E-state index in [0.29, 0.717) is 6.20 Å². The van der Waals surface area contributed by atoms with E-state index in [9.17, 15) is 17.6 Å². The summed E-state index contributed by atoms with van der Waals surface area (Å²) in [4.78, 5) is 3.44. The van der Waals surface area contributed by atoms with E-state index < -0.39 is 18.4 Å². The zero-order valence-electron chi connectivity index (χ0n) is 6.20. The summed E-state index contributed by atoms with van der Waals surface area (Å²) in [6.07, 6.45) is -3.76. The Kier molecular flexibility index (Phi) is 3.09. The Labute approximate surface area is 85.3 Å². The largest absolute Gasteiger partial charge is 0.417 e. The number of aromatic nitrogens is 1. The van der Waals surface area contributed by atoms with Crippen molar-refractivity contribution in [3.8, 4) is 0 Å². The van der Waals surface area contributed by atoms with Gasteiger partial charge in [0.05, 0.1) is 5.56 Å². The highest BCUT2D eigenvalue weighted by molar-refractivity contribution is 14.1. The number of nitrogens with zero attached hydrogens (tertiary/aromatic N) is 1. The van der Waals surface area contributed by atoms with Crippen molar-refractivity contribution in [2.45, 2.75) is 12.9 Å². The molecule has 0 amide bonds. The van der Waals surface area contributed by atoms with Gasteiger partial charge in [0.1, 0.15) is 10.4 Å². The minimum Gasteiger partial charge on any atom is -0.249 e. The summed E-state index contributed by atoms with van der Waals surface area (Å²) in [5.74, 6) is 0. The average Bonchev–Trinajstić information content (AvgIpc) is 2.03. The number of alkyl halides is 4. The summed E-state index contributed by atoms with van der Waals surface area (Å²) in [7, 11) is 0. The van der Waals surface area contributed by atoms with Crippen molar-refractivity contribution < 1.29 is 17.6 Å². The molecule has 0 radical (unpaired) electrons. The highest BCUT2D eigenvalue weighted by Crippen LogP contribution is 2.30. The van der Waals surface area contributed by atoms with Gasteiger partial charge in [-0.2, -0.15) is 13.2 Å². The SMILES string of the molecule is FCc1cc(C(F)(F)F)cnc1I. The topological polar surface area (TPSA) is 12.9 Å². The summed E-state index contributed by atoms with van der Waals surface area (Å²) in [6, 6.07) is 0.773. The Morgan fingerprint density at radius 2 is 2.00 bits per heavy atom. The Morgan fingerprint density at radius 1 is 1.38 bits per heavy atom. The van der Waals surface area contributed by atoms with E-state index in [1.54, 1.807) is 22.6 Å². The van der Waals surface area contributed by atoms with Gasteiger partial charge in [-0.25, -0.2) is 9.37 Å². The molecule has 0 bridgehead atoms. The molecule has 0 atom stereocenters. The third-order valence-corrected chi connectivity index (χ3v) is 2.35. The normalized spacial score (nSPS) is 11.8. The van der Waals surface area contributed by atoms with Gasteiger partial charge in [0, 0.05) is 11.8 Å². The lowest BCUT2D eigenvalue weighted by Gasteiger charge is -2.07. The molecule has 1 rings (SSSR count). The molecule has 0 unspecified atom stereocenters. The van der Waals surface area contributed by atoms with Crippen LogP contribution < -0.4 is 0 Å². The van der Waals surface area contributed by atoms with Crippen molar-refractivity contribution >= 4 is 22.6 Å². The number of pyridine rings is 1. The monoisotopic (exact) mass is 305 g/mol. The van der Waals surface area contributed by atoms with Crippen LogP contribution in [-0.2, 0) is 12.9 Å². The Morgan fingerprint density at radius 3 is 2.46 bits per heavy atom. The maximum atomic E-state index is 12.1. The van der Waals surface area contributed by atoms with E-state index in [0.717, 1.165) is 6.07 Å². The number of rotatable bonds is 1. The summed E-state index contributed by atoms with van der Waals surface area (Å²) in [5, 5.41) is 0. The van der Waals surface area contributed by atoms with Gasteiger partial charge in [-0.3, -0.25) is 0 Å². The van der Waals surface area contributed by atoms with Gasteiger partial charge in [0.2, 0.25) is 0 Å². The molecule has 0 aliphatic heterocycles. The van der Waals surface area contributed by atoms with E-state index in [-0.39, 0.29) is 9.26 Å². The molecule has 1 aromatic rings. The molecule has 1 aromatic heterocycles. The summed E-state index contributed by atoms with van der Waals surface area (Å²) < 4.78 is 48.6. The minimum atomic E-state index is -4.46. The van der Waals surface area contributed by atoms with Crippen LogP contribution in [0.3, 0.4) is 0 Å². The molecule has 6 heteroatoms. The number of hydrogen-bond acceptors (Lipinski definition) is 1. The van der Waals surface area contributed by atoms with Gasteiger partial charge in [-0.15, -0.1) is 0 Å². The lowest BCUT2D eigenvalue weighted by Crippen LogP contribution is -2.07. The van der Waals surface area contributed by atoms with Gasteiger partial charge in [0.15, 0.2) is 0 Å². The maximum absolute atomic E-state index is 12.1. The van der Waals surface area contributed by atoms with Crippen molar-refractivity contribution in [3.05, 3.63) is 27.1 Å². The van der Waals surface area contributed by atoms with Crippen LogP contribution in [0.2, 0.25) is 0 Å². The van der Waals surface area contributed by atoms with Crippen molar-refractivity contribution in [2.75, 3.05) is 0 Å². The van der Waals surface area contributed by atoms with Gasteiger partial charge in [-0.05, 0) is 28.7 Å². The fraction of sp³-hybridized carbons (Fsp3) is 0.286. The molecule has 0 saturated heterocycles. The summed E-state index contributed by atoms with van der Waals surface area (Å²) >= 11 is 1.69. The maximum Gasteiger partial charge on any atom is 0.417 e. The highest BCUT2D eigenvalue weighted by Gasteiger charge is 2.31. The first-order valence-electron chi connectivity index (χ1n) is 3.22. The smallest absolute Gasteiger partial charge is 0.249 e. The van der Waals surface area contributed by atoms with Gasteiger partial charge < -0.3 is 0 Å². The fourth-order valence-electron chi connectivity index (χ4n) is 0.742. The van der Waals surface area contributed by atoms with Gasteiger partial charge in [-0.1, -0.05) is 0 Å². The van der Waals surface area contributed by atoms with Crippen LogP contribution in [0, 0.1) is 3.70 Å². The third-order valence-electron chi connectivity index (χ3n) is 1.38. The summed E-state index contributed by atoms with van der Waals surface area (Å²) in [5.41, 5.74) is -0.948. The minimum absolute atomic E-state index is 0.0320. The standard InChI is InChI=1S/C7H4F4IN/c8-2-4-1-5(7(9,10)11)3-13-6(4)12/h1,3H,2H2. The van der Waals surface area contributed by atoms with Crippen molar-refractivity contribution in [2.24, 2.45) is 0 Å². The average molecular weight is 305 g/mol. The predicted octanol–water partition coefficient (Wildman–Crippen LogP) is 3.17. The second-order valence-electron chi connectivity index (χ2n) is 2.31. The van der Waals surface area contributed by atoms with Crippen molar-refractivity contribution in [1.82, 2.24) is 4.98 Å². The van der Waals surface area contributed by atoms with Crippen LogP contribution in [0.25, 0.3) is 0 Å². The van der Waals surface area contributed by atoms with Crippen LogP contribution in [-0.4, -0.2) is 4.98 Å². The zero-order valence-corrected chi connectivity index (χ0v) is 8.36. The van der Waals surface area contributed by atoms with Crippen LogP contribution in [0.5, 0.6) is 0 Å². The summed E-state index contributed by atoms with van der Waals surface area (Å²) in [6.45, 7) is -0.935. The van der Waals surface area contributed by atoms with Crippen LogP contribution >= 0.6 is 22.6 Å². The predicted molar refractivity (Wildman–Crippen MR) is 46.8 cm³/mol. The van der Waals surface area contributed by atoms with Crippen LogP contribution in [0.4, 0.5) is 17.6 Å². The molecule has 0 spiro atoms. The molecule has 72 valence electrons. The molecular weight excluding hydrogens is 301 g/mol. The van der Waals surface area contributed by atoms with Crippen molar-refractivity contribution in [1.29, 1.82) is 0 Å². The molecular formula is C7H4F4IN. The molecule has 1 heterocycles. The van der Waals surface area contributed by atoms with Crippen molar-refractivity contribution in [3.63, 3.8) is 0 Å². The molecule has 0 N–H and O–H groups in total. The van der Waals surface area contributed by atoms with Gasteiger partial charge in [0.25, 0.3) is 0 Å². The number of halogens is 5.